The van der Waals surface area contributed by atoms with E-state index < -0.39 is 0 Å². The maximum Gasteiger partial charge on any atom is 0.146 e. The Hall–Kier alpha value is -5.94. The zero-order valence-electron chi connectivity index (χ0n) is 23.0. The number of pyridine rings is 2. The van der Waals surface area contributed by atoms with E-state index in [2.05, 4.69) is 135 Å². The average Bonchev–Trinajstić information content (AvgIpc) is 3.77. The van der Waals surface area contributed by atoms with Crippen LogP contribution in [0, 0.1) is 0 Å². The summed E-state index contributed by atoms with van der Waals surface area (Å²) in [6, 6.07) is 43.5. The van der Waals surface area contributed by atoms with Gasteiger partial charge < -0.3 is 9.13 Å². The molecule has 0 aliphatic carbocycles. The van der Waals surface area contributed by atoms with Crippen LogP contribution in [0.5, 0.6) is 0 Å². The van der Waals surface area contributed by atoms with Gasteiger partial charge in [0.15, 0.2) is 0 Å². The molecule has 0 amide bonds. The second-order valence-corrected chi connectivity index (χ2v) is 11.1. The molecule has 5 aromatic carbocycles. The van der Waals surface area contributed by atoms with Crippen molar-refractivity contribution in [1.29, 1.82) is 0 Å². The molecule has 0 radical (unpaired) electrons. The minimum atomic E-state index is 0.923. The van der Waals surface area contributed by atoms with Gasteiger partial charge in [-0.2, -0.15) is 0 Å². The largest absolute Gasteiger partial charge is 0.309 e. The first-order chi connectivity index (χ1) is 21.4. The summed E-state index contributed by atoms with van der Waals surface area (Å²) in [5.74, 6) is 0. The summed E-state index contributed by atoms with van der Waals surface area (Å²) in [4.78, 5) is 9.67. The summed E-state index contributed by atoms with van der Waals surface area (Å²) in [5, 5.41) is 7.05. The molecule has 0 unspecified atom stereocenters. The van der Waals surface area contributed by atoms with Crippen LogP contribution in [0.3, 0.4) is 0 Å². The molecule has 43 heavy (non-hydrogen) atoms. The van der Waals surface area contributed by atoms with Gasteiger partial charge in [-0.25, -0.2) is 4.98 Å². The van der Waals surface area contributed by atoms with Crippen LogP contribution >= 0.6 is 0 Å². The number of rotatable bonds is 2. The van der Waals surface area contributed by atoms with Gasteiger partial charge in [0.05, 0.1) is 33.1 Å². The lowest BCUT2D eigenvalue weighted by Crippen LogP contribution is -1.97. The van der Waals surface area contributed by atoms with Crippen LogP contribution in [0.25, 0.3) is 82.4 Å². The molecular formula is C38H23N5. The standard InChI is InChI=1S/C38H23N5/c1-3-10-24(11-4-1)42-31-16-8-7-14-26(31)29-22-34-30(23-33(29)42)27-17-18-32-35(37(27)43(34)25-12-5-2-6-13-25)36-28(15-9-19-39-36)38-40-20-21-41(32)38/h1-23H. The lowest BCUT2D eigenvalue weighted by molar-refractivity contribution is 1.18. The molecule has 5 heteroatoms. The highest BCUT2D eigenvalue weighted by Gasteiger charge is 2.22. The predicted octanol–water partition coefficient (Wildman–Crippen LogP) is 9.23. The highest BCUT2D eigenvalue weighted by Crippen LogP contribution is 2.43. The number of benzene rings is 5. The van der Waals surface area contributed by atoms with Gasteiger partial charge in [-0.3, -0.25) is 9.38 Å². The van der Waals surface area contributed by atoms with Gasteiger partial charge in [0.2, 0.25) is 0 Å². The predicted molar refractivity (Wildman–Crippen MR) is 177 cm³/mol. The minimum absolute atomic E-state index is 0.923. The molecule has 5 nitrogen and oxygen atoms in total. The summed E-state index contributed by atoms with van der Waals surface area (Å²) >= 11 is 0. The first-order valence-electron chi connectivity index (χ1n) is 14.5. The zero-order valence-corrected chi connectivity index (χ0v) is 23.0. The van der Waals surface area contributed by atoms with Crippen molar-refractivity contribution in [1.82, 2.24) is 23.5 Å². The molecule has 0 saturated carbocycles. The highest BCUT2D eigenvalue weighted by atomic mass is 15.0. The molecule has 5 aromatic heterocycles. The molecule has 200 valence electrons. The van der Waals surface area contributed by atoms with Crippen LogP contribution in [0.4, 0.5) is 0 Å². The Labute approximate surface area is 245 Å². The van der Waals surface area contributed by atoms with E-state index in [0.717, 1.165) is 44.3 Å². The fourth-order valence-electron chi connectivity index (χ4n) is 7.17. The first-order valence-corrected chi connectivity index (χ1v) is 14.5. The van der Waals surface area contributed by atoms with Gasteiger partial charge in [-0.15, -0.1) is 0 Å². The van der Waals surface area contributed by atoms with Gasteiger partial charge in [0, 0.05) is 62.3 Å². The van der Waals surface area contributed by atoms with Gasteiger partial charge >= 0.3 is 0 Å². The molecule has 10 rings (SSSR count). The van der Waals surface area contributed by atoms with E-state index in [9.17, 15) is 0 Å². The maximum atomic E-state index is 4.96. The summed E-state index contributed by atoms with van der Waals surface area (Å²) in [6.45, 7) is 0. The van der Waals surface area contributed by atoms with Crippen molar-refractivity contribution in [2.24, 2.45) is 0 Å². The van der Waals surface area contributed by atoms with Gasteiger partial charge in [0.25, 0.3) is 0 Å². The number of nitrogens with zero attached hydrogens (tertiary/aromatic N) is 5. The summed E-state index contributed by atoms with van der Waals surface area (Å²) in [7, 11) is 0. The van der Waals surface area contributed by atoms with E-state index >= 15 is 0 Å². The molecule has 0 aliphatic heterocycles. The maximum absolute atomic E-state index is 4.96. The lowest BCUT2D eigenvalue weighted by atomic mass is 10.0. The normalized spacial score (nSPS) is 12.2. The minimum Gasteiger partial charge on any atom is -0.309 e. The van der Waals surface area contributed by atoms with Crippen molar-refractivity contribution in [2.75, 3.05) is 0 Å². The van der Waals surface area contributed by atoms with Crippen molar-refractivity contribution in [3.8, 4) is 11.4 Å². The Morgan fingerprint density at radius 1 is 0.442 bits per heavy atom. The second-order valence-electron chi connectivity index (χ2n) is 11.1. The molecule has 0 aliphatic rings. The van der Waals surface area contributed by atoms with E-state index in [0.29, 0.717) is 0 Å². The number of imidazole rings is 1. The first kappa shape index (κ1) is 22.7. The van der Waals surface area contributed by atoms with E-state index in [4.69, 9.17) is 9.97 Å². The molecule has 0 spiro atoms. The van der Waals surface area contributed by atoms with Crippen LogP contribution in [0.1, 0.15) is 0 Å². The molecule has 0 N–H and O–H groups in total. The Morgan fingerprint density at radius 2 is 1.12 bits per heavy atom. The van der Waals surface area contributed by atoms with Gasteiger partial charge in [0.1, 0.15) is 5.65 Å². The molecule has 0 bridgehead atoms. The highest BCUT2D eigenvalue weighted by molar-refractivity contribution is 6.27. The van der Waals surface area contributed by atoms with Gasteiger partial charge in [-0.05, 0) is 60.7 Å². The number of hydrogen-bond donors (Lipinski definition) is 0. The monoisotopic (exact) mass is 549 g/mol. The molecule has 0 saturated heterocycles. The van der Waals surface area contributed by atoms with Crippen LogP contribution < -0.4 is 0 Å². The smallest absolute Gasteiger partial charge is 0.146 e. The molecule has 5 heterocycles. The molecule has 0 atom stereocenters. The van der Waals surface area contributed by atoms with Crippen LogP contribution in [0.15, 0.2) is 140 Å². The summed E-state index contributed by atoms with van der Waals surface area (Å²) < 4.78 is 7.01. The average molecular weight is 550 g/mol. The fourth-order valence-corrected chi connectivity index (χ4v) is 7.17. The summed E-state index contributed by atoms with van der Waals surface area (Å²) in [6.07, 6.45) is 5.81. The Bertz CT molecular complexity index is 2710. The number of hydrogen-bond acceptors (Lipinski definition) is 2. The fraction of sp³-hybridized carbons (Fsp3) is 0. The Balaban J connectivity index is 1.48. The van der Waals surface area contributed by atoms with Gasteiger partial charge in [-0.1, -0.05) is 60.7 Å². The molecular weight excluding hydrogens is 526 g/mol. The molecule has 0 fully saturated rings. The number of aromatic nitrogens is 5. The SMILES string of the molecule is c1ccc(-n2c3ccccc3c3cc4c(cc32)c2ccc3c(c5ncccc5c5nccn35)c2n4-c2ccccc2)cc1. The van der Waals surface area contributed by atoms with Crippen molar-refractivity contribution in [3.63, 3.8) is 0 Å². The number of fused-ring (bicyclic) bond motifs is 13. The Morgan fingerprint density at radius 3 is 1.93 bits per heavy atom. The quantitative estimate of drug-likeness (QED) is 0.202. The third-order valence-corrected chi connectivity index (χ3v) is 8.92. The van der Waals surface area contributed by atoms with Crippen molar-refractivity contribution >= 4 is 71.1 Å². The van der Waals surface area contributed by atoms with Crippen LogP contribution in [-0.4, -0.2) is 23.5 Å². The van der Waals surface area contributed by atoms with E-state index in [1.807, 2.05) is 18.5 Å². The zero-order chi connectivity index (χ0) is 28.1. The van der Waals surface area contributed by atoms with Crippen molar-refractivity contribution in [3.05, 3.63) is 140 Å². The van der Waals surface area contributed by atoms with E-state index in [1.165, 1.54) is 38.1 Å². The van der Waals surface area contributed by atoms with Crippen LogP contribution in [0.2, 0.25) is 0 Å². The molecule has 10 aromatic rings. The second kappa shape index (κ2) is 8.30. The third-order valence-electron chi connectivity index (χ3n) is 8.92. The van der Waals surface area contributed by atoms with Crippen LogP contribution in [-0.2, 0) is 0 Å². The third kappa shape index (κ3) is 2.95. The summed E-state index contributed by atoms with van der Waals surface area (Å²) in [5.41, 5.74) is 9.98. The topological polar surface area (TPSA) is 40.1 Å². The van der Waals surface area contributed by atoms with E-state index in [-0.39, 0.29) is 0 Å². The number of para-hydroxylation sites is 3. The lowest BCUT2D eigenvalue weighted by Gasteiger charge is -2.12. The van der Waals surface area contributed by atoms with Crippen molar-refractivity contribution < 1.29 is 0 Å². The van der Waals surface area contributed by atoms with Crippen molar-refractivity contribution in [2.45, 2.75) is 0 Å². The Kier molecular flexibility index (Phi) is 4.39. The van der Waals surface area contributed by atoms with E-state index in [1.54, 1.807) is 0 Å².